The zero-order chi connectivity index (χ0) is 15.5. The fraction of sp³-hybridized carbons (Fsp3) is 0.625. The molecule has 118 valence electrons. The number of rotatable bonds is 6. The molecule has 2 unspecified atom stereocenters. The van der Waals surface area contributed by atoms with Crippen molar-refractivity contribution in [2.45, 2.75) is 45.2 Å². The Morgan fingerprint density at radius 2 is 2.00 bits per heavy atom. The van der Waals surface area contributed by atoms with E-state index in [2.05, 4.69) is 19.2 Å². The van der Waals surface area contributed by atoms with Crippen LogP contribution in [0, 0.1) is 0 Å². The SMILES string of the molecule is CCCOc1ccc(C(C)NC2(C)CCS(=O)(=O)C2)cc1. The maximum atomic E-state index is 11.7. The Morgan fingerprint density at radius 3 is 2.52 bits per heavy atom. The van der Waals surface area contributed by atoms with Gasteiger partial charge in [0, 0.05) is 11.6 Å². The van der Waals surface area contributed by atoms with Crippen molar-refractivity contribution >= 4 is 9.84 Å². The first-order chi connectivity index (χ1) is 9.84. The van der Waals surface area contributed by atoms with Gasteiger partial charge in [-0.25, -0.2) is 8.42 Å². The second-order valence-corrected chi connectivity index (χ2v) is 8.37. The van der Waals surface area contributed by atoms with Gasteiger partial charge in [0.2, 0.25) is 0 Å². The molecule has 0 aromatic heterocycles. The molecule has 1 aromatic rings. The van der Waals surface area contributed by atoms with Crippen molar-refractivity contribution in [2.24, 2.45) is 0 Å². The van der Waals surface area contributed by atoms with Crippen LogP contribution in [0.15, 0.2) is 24.3 Å². The van der Waals surface area contributed by atoms with Gasteiger partial charge in [0.15, 0.2) is 9.84 Å². The topological polar surface area (TPSA) is 55.4 Å². The Morgan fingerprint density at radius 1 is 1.33 bits per heavy atom. The molecule has 0 radical (unpaired) electrons. The summed E-state index contributed by atoms with van der Waals surface area (Å²) in [6, 6.07) is 8.13. The van der Waals surface area contributed by atoms with Crippen LogP contribution in [0.1, 0.15) is 45.2 Å². The third-order valence-electron chi connectivity index (χ3n) is 3.92. The molecule has 0 saturated carbocycles. The molecule has 1 N–H and O–H groups in total. The minimum Gasteiger partial charge on any atom is -0.494 e. The second kappa shape index (κ2) is 6.36. The summed E-state index contributed by atoms with van der Waals surface area (Å²) in [6.07, 6.45) is 1.67. The van der Waals surface area contributed by atoms with Gasteiger partial charge >= 0.3 is 0 Å². The van der Waals surface area contributed by atoms with Crippen LogP contribution >= 0.6 is 0 Å². The lowest BCUT2D eigenvalue weighted by Gasteiger charge is -2.29. The maximum Gasteiger partial charge on any atom is 0.152 e. The Bertz CT molecular complexity index is 568. The quantitative estimate of drug-likeness (QED) is 0.877. The predicted octanol–water partition coefficient (Wildman–Crippen LogP) is 2.70. The van der Waals surface area contributed by atoms with E-state index in [0.29, 0.717) is 6.42 Å². The summed E-state index contributed by atoms with van der Waals surface area (Å²) >= 11 is 0. The summed E-state index contributed by atoms with van der Waals surface area (Å²) in [5, 5.41) is 3.47. The summed E-state index contributed by atoms with van der Waals surface area (Å²) in [4.78, 5) is 0. The summed E-state index contributed by atoms with van der Waals surface area (Å²) in [6.45, 7) is 6.87. The van der Waals surface area contributed by atoms with E-state index in [-0.39, 0.29) is 23.1 Å². The van der Waals surface area contributed by atoms with Crippen molar-refractivity contribution in [2.75, 3.05) is 18.1 Å². The molecule has 0 amide bonds. The Hall–Kier alpha value is -1.07. The number of hydrogen-bond acceptors (Lipinski definition) is 4. The first-order valence-electron chi connectivity index (χ1n) is 7.54. The molecular weight excluding hydrogens is 286 g/mol. The van der Waals surface area contributed by atoms with E-state index in [0.717, 1.165) is 24.3 Å². The van der Waals surface area contributed by atoms with E-state index in [1.807, 2.05) is 31.2 Å². The Balaban J connectivity index is 1.98. The molecule has 1 heterocycles. The lowest BCUT2D eigenvalue weighted by molar-refractivity contribution is 0.317. The highest BCUT2D eigenvalue weighted by Gasteiger charge is 2.38. The van der Waals surface area contributed by atoms with Gasteiger partial charge in [-0.05, 0) is 44.4 Å². The van der Waals surface area contributed by atoms with Crippen LogP contribution in [0.5, 0.6) is 5.75 Å². The highest BCUT2D eigenvalue weighted by molar-refractivity contribution is 7.91. The molecule has 0 bridgehead atoms. The van der Waals surface area contributed by atoms with Crippen molar-refractivity contribution in [3.8, 4) is 5.75 Å². The van der Waals surface area contributed by atoms with E-state index in [4.69, 9.17) is 4.74 Å². The maximum absolute atomic E-state index is 11.7. The van der Waals surface area contributed by atoms with Gasteiger partial charge in [0.1, 0.15) is 5.75 Å². The molecule has 2 atom stereocenters. The fourth-order valence-corrected chi connectivity index (χ4v) is 4.91. The van der Waals surface area contributed by atoms with E-state index in [1.54, 1.807) is 0 Å². The lowest BCUT2D eigenvalue weighted by atomic mass is 9.98. The molecule has 4 nitrogen and oxygen atoms in total. The van der Waals surface area contributed by atoms with E-state index in [1.165, 1.54) is 0 Å². The zero-order valence-electron chi connectivity index (χ0n) is 13.1. The van der Waals surface area contributed by atoms with Gasteiger partial charge in [-0.15, -0.1) is 0 Å². The molecule has 1 aliphatic heterocycles. The molecule has 1 aliphatic rings. The molecular formula is C16H25NO3S. The van der Waals surface area contributed by atoms with Crippen LogP contribution in [0.4, 0.5) is 0 Å². The average molecular weight is 311 g/mol. The molecule has 0 aliphatic carbocycles. The number of ether oxygens (including phenoxy) is 1. The smallest absolute Gasteiger partial charge is 0.152 e. The number of sulfone groups is 1. The monoisotopic (exact) mass is 311 g/mol. The average Bonchev–Trinajstić information content (AvgIpc) is 2.70. The van der Waals surface area contributed by atoms with Crippen LogP contribution in [0.3, 0.4) is 0 Å². The summed E-state index contributed by atoms with van der Waals surface area (Å²) in [5.74, 6) is 1.39. The third kappa shape index (κ3) is 4.45. The molecule has 1 fully saturated rings. The van der Waals surface area contributed by atoms with Gasteiger partial charge < -0.3 is 10.1 Å². The van der Waals surface area contributed by atoms with Crippen LogP contribution in [0.2, 0.25) is 0 Å². The number of nitrogens with one attached hydrogen (secondary N) is 1. The largest absolute Gasteiger partial charge is 0.494 e. The number of benzene rings is 1. The standard InChI is InChI=1S/C16H25NO3S/c1-4-10-20-15-7-5-14(6-8-15)13(2)17-16(3)9-11-21(18,19)12-16/h5-8,13,17H,4,9-12H2,1-3H3. The van der Waals surface area contributed by atoms with Crippen molar-refractivity contribution in [3.05, 3.63) is 29.8 Å². The van der Waals surface area contributed by atoms with Crippen molar-refractivity contribution in [3.63, 3.8) is 0 Å². The highest BCUT2D eigenvalue weighted by atomic mass is 32.2. The summed E-state index contributed by atoms with van der Waals surface area (Å²) < 4.78 is 28.9. The first kappa shape index (κ1) is 16.3. The van der Waals surface area contributed by atoms with E-state index in [9.17, 15) is 8.42 Å². The van der Waals surface area contributed by atoms with Crippen LogP contribution in [-0.2, 0) is 9.84 Å². The van der Waals surface area contributed by atoms with Crippen molar-refractivity contribution < 1.29 is 13.2 Å². The Labute approximate surface area is 127 Å². The van der Waals surface area contributed by atoms with E-state index < -0.39 is 9.84 Å². The van der Waals surface area contributed by atoms with Crippen molar-refractivity contribution in [1.29, 1.82) is 0 Å². The van der Waals surface area contributed by atoms with Gasteiger partial charge in [-0.2, -0.15) is 0 Å². The van der Waals surface area contributed by atoms with Crippen LogP contribution in [0.25, 0.3) is 0 Å². The normalized spacial score (nSPS) is 25.7. The molecule has 2 rings (SSSR count). The van der Waals surface area contributed by atoms with Gasteiger partial charge in [-0.1, -0.05) is 19.1 Å². The van der Waals surface area contributed by atoms with E-state index >= 15 is 0 Å². The van der Waals surface area contributed by atoms with Crippen molar-refractivity contribution in [1.82, 2.24) is 5.32 Å². The van der Waals surface area contributed by atoms with Crippen LogP contribution < -0.4 is 10.1 Å². The fourth-order valence-electron chi connectivity index (χ4n) is 2.80. The Kier molecular flexibility index (Phi) is 4.94. The molecule has 1 aromatic carbocycles. The molecule has 1 saturated heterocycles. The number of hydrogen-bond donors (Lipinski definition) is 1. The third-order valence-corrected chi connectivity index (χ3v) is 5.82. The van der Waals surface area contributed by atoms with Crippen LogP contribution in [-0.4, -0.2) is 32.1 Å². The first-order valence-corrected chi connectivity index (χ1v) is 9.37. The molecule has 21 heavy (non-hydrogen) atoms. The minimum atomic E-state index is -2.88. The van der Waals surface area contributed by atoms with Gasteiger partial charge in [-0.3, -0.25) is 0 Å². The molecule has 0 spiro atoms. The summed E-state index contributed by atoms with van der Waals surface area (Å²) in [7, 11) is -2.88. The van der Waals surface area contributed by atoms with Gasteiger partial charge in [0.25, 0.3) is 0 Å². The molecule has 5 heteroatoms. The second-order valence-electron chi connectivity index (χ2n) is 6.19. The lowest BCUT2D eigenvalue weighted by Crippen LogP contribution is -2.44. The summed E-state index contributed by atoms with van der Waals surface area (Å²) in [5.41, 5.74) is 0.819. The predicted molar refractivity (Wildman–Crippen MR) is 85.5 cm³/mol. The highest BCUT2D eigenvalue weighted by Crippen LogP contribution is 2.27. The van der Waals surface area contributed by atoms with Gasteiger partial charge in [0.05, 0.1) is 18.1 Å². The zero-order valence-corrected chi connectivity index (χ0v) is 13.9. The minimum absolute atomic E-state index is 0.114.